The van der Waals surface area contributed by atoms with Crippen LogP contribution in [0.15, 0.2) is 39.7 Å². The van der Waals surface area contributed by atoms with E-state index in [2.05, 4.69) is 20.9 Å². The molecule has 0 amide bonds. The lowest BCUT2D eigenvalue weighted by Crippen LogP contribution is -2.15. The van der Waals surface area contributed by atoms with Crippen LogP contribution in [-0.2, 0) is 0 Å². The maximum atomic E-state index is 12.7. The van der Waals surface area contributed by atoms with E-state index in [1.807, 2.05) is 0 Å². The van der Waals surface area contributed by atoms with Gasteiger partial charge in [-0.05, 0) is 22.4 Å². The van der Waals surface area contributed by atoms with E-state index >= 15 is 0 Å². The van der Waals surface area contributed by atoms with Gasteiger partial charge in [-0.3, -0.25) is 4.99 Å². The van der Waals surface area contributed by atoms with E-state index in [1.165, 1.54) is 24.2 Å². The normalized spacial score (nSPS) is 23.5. The lowest BCUT2D eigenvalue weighted by molar-refractivity contribution is -0.0937. The molecule has 1 rings (SSSR count). The summed E-state index contributed by atoms with van der Waals surface area (Å²) >= 11 is 3.16. The highest BCUT2D eigenvalue weighted by Gasteiger charge is 2.32. The summed E-state index contributed by atoms with van der Waals surface area (Å²) in [5.41, 5.74) is -0.588. The molecule has 0 saturated carbocycles. The Morgan fingerprint density at radius 3 is 2.65 bits per heavy atom. The van der Waals surface area contributed by atoms with Crippen LogP contribution in [0.25, 0.3) is 0 Å². The van der Waals surface area contributed by atoms with E-state index in [4.69, 9.17) is 0 Å². The van der Waals surface area contributed by atoms with Crippen molar-refractivity contribution < 1.29 is 13.2 Å². The number of hydrogen-bond acceptors (Lipinski definition) is 2. The van der Waals surface area contributed by atoms with Gasteiger partial charge in [0.05, 0.1) is 5.57 Å². The monoisotopic (exact) mass is 308 g/mol. The Morgan fingerprint density at radius 1 is 1.29 bits per heavy atom. The zero-order valence-corrected chi connectivity index (χ0v) is 10.8. The maximum absolute atomic E-state index is 12.7. The fourth-order valence-electron chi connectivity index (χ4n) is 1.23. The quantitative estimate of drug-likeness (QED) is 0.488. The third-order valence-electron chi connectivity index (χ3n) is 1.99. The van der Waals surface area contributed by atoms with Gasteiger partial charge in [-0.15, -0.1) is 0 Å². The van der Waals surface area contributed by atoms with Crippen molar-refractivity contribution in [3.8, 4) is 0 Å². The molecule has 0 atom stereocenters. The number of allylic oxidation sites excluding steroid dienone is 3. The molecule has 17 heavy (non-hydrogen) atoms. The van der Waals surface area contributed by atoms with Crippen molar-refractivity contribution in [3.63, 3.8) is 0 Å². The predicted molar refractivity (Wildman–Crippen MR) is 65.8 cm³/mol. The molecule has 1 heterocycles. The number of nitrogens with zero attached hydrogens (tertiary/aromatic N) is 2. The average molecular weight is 309 g/mol. The Morgan fingerprint density at radius 2 is 2.00 bits per heavy atom. The molecule has 1 aliphatic heterocycles. The zero-order chi connectivity index (χ0) is 12.9. The summed E-state index contributed by atoms with van der Waals surface area (Å²) < 4.78 is 38.5. The van der Waals surface area contributed by atoms with Crippen LogP contribution in [-0.4, -0.2) is 24.3 Å². The summed E-state index contributed by atoms with van der Waals surface area (Å²) in [6, 6.07) is 0. The molecular formula is C11H12BrF3N2. The molecule has 2 nitrogen and oxygen atoms in total. The number of aliphatic imine (C=N–C) groups is 1. The first-order valence-electron chi connectivity index (χ1n) is 4.94. The first-order valence-corrected chi connectivity index (χ1v) is 5.73. The average Bonchev–Trinajstić information content (AvgIpc) is 2.21. The molecule has 0 bridgehead atoms. The lowest BCUT2D eigenvalue weighted by atomic mass is 10.2. The topological polar surface area (TPSA) is 15.6 Å². The Bertz CT molecular complexity index is 381. The Balaban J connectivity index is 3.02. The molecular weight excluding hydrogens is 297 g/mol. The van der Waals surface area contributed by atoms with Crippen LogP contribution in [0.4, 0.5) is 13.2 Å². The second-order valence-corrected chi connectivity index (χ2v) is 4.30. The highest BCUT2D eigenvalue weighted by Crippen LogP contribution is 2.29. The molecule has 0 radical (unpaired) electrons. The molecule has 0 aliphatic carbocycles. The van der Waals surface area contributed by atoms with Crippen molar-refractivity contribution >= 4 is 22.1 Å². The summed E-state index contributed by atoms with van der Waals surface area (Å²) in [6.07, 6.45) is 3.40. The molecule has 0 fully saturated rings. The number of hydrogen-bond donors (Lipinski definition) is 0. The zero-order valence-electron chi connectivity index (χ0n) is 9.21. The molecule has 0 aromatic rings. The smallest absolute Gasteiger partial charge is 0.354 e. The Labute approximate surface area is 106 Å². The number of rotatable bonds is 0. The summed E-state index contributed by atoms with van der Waals surface area (Å²) in [5.74, 6) is 0. The van der Waals surface area contributed by atoms with Gasteiger partial charge in [-0.25, -0.2) is 0 Å². The number of halogens is 4. The van der Waals surface area contributed by atoms with E-state index in [1.54, 1.807) is 12.3 Å². The standard InChI is InChI=1S/C11H12BrF3N2/c1-17-7-9(11(13,14)15)5-3-2-4-6-16-10(12)8-17/h2-3,6-8H,4-5H2,1H3/b3-2-,9-7?,10-8-,16-6?. The number of alkyl halides is 3. The minimum absolute atomic E-state index is 0.132. The first-order chi connectivity index (χ1) is 7.89. The molecule has 0 aromatic heterocycles. The van der Waals surface area contributed by atoms with Crippen LogP contribution >= 0.6 is 15.9 Å². The highest BCUT2D eigenvalue weighted by molar-refractivity contribution is 9.11. The maximum Gasteiger partial charge on any atom is 0.414 e. The van der Waals surface area contributed by atoms with Gasteiger partial charge in [0.15, 0.2) is 0 Å². The summed E-state index contributed by atoms with van der Waals surface area (Å²) in [6.45, 7) is 0. The Kier molecular flexibility index (Phi) is 4.99. The fraction of sp³-hybridized carbons (Fsp3) is 0.364. The van der Waals surface area contributed by atoms with Crippen molar-refractivity contribution in [3.05, 3.63) is 34.7 Å². The van der Waals surface area contributed by atoms with Gasteiger partial charge in [-0.2, -0.15) is 13.2 Å². The van der Waals surface area contributed by atoms with Crippen LogP contribution in [0.1, 0.15) is 12.8 Å². The van der Waals surface area contributed by atoms with Gasteiger partial charge in [0, 0.05) is 32.1 Å². The van der Waals surface area contributed by atoms with Gasteiger partial charge in [0.1, 0.15) is 4.61 Å². The van der Waals surface area contributed by atoms with Crippen molar-refractivity contribution in [1.82, 2.24) is 4.90 Å². The highest BCUT2D eigenvalue weighted by atomic mass is 79.9. The first kappa shape index (κ1) is 14.0. The van der Waals surface area contributed by atoms with Crippen LogP contribution in [0.2, 0.25) is 0 Å². The van der Waals surface area contributed by atoms with Crippen LogP contribution < -0.4 is 0 Å². The molecule has 0 N–H and O–H groups in total. The van der Waals surface area contributed by atoms with Crippen molar-refractivity contribution in [2.45, 2.75) is 19.0 Å². The summed E-state index contributed by atoms with van der Waals surface area (Å²) in [7, 11) is 1.53. The van der Waals surface area contributed by atoms with Crippen LogP contribution in [0, 0.1) is 0 Å². The van der Waals surface area contributed by atoms with E-state index in [-0.39, 0.29) is 6.42 Å². The minimum Gasteiger partial charge on any atom is -0.354 e. The van der Waals surface area contributed by atoms with Crippen LogP contribution in [0.5, 0.6) is 0 Å². The van der Waals surface area contributed by atoms with E-state index in [0.29, 0.717) is 11.0 Å². The minimum atomic E-state index is -4.31. The molecule has 0 saturated heterocycles. The second kappa shape index (κ2) is 6.05. The molecule has 0 unspecified atom stereocenters. The van der Waals surface area contributed by atoms with Crippen molar-refractivity contribution in [2.24, 2.45) is 4.99 Å². The Hall–Kier alpha value is -1.04. The van der Waals surface area contributed by atoms with E-state index in [0.717, 1.165) is 6.20 Å². The van der Waals surface area contributed by atoms with Gasteiger partial charge >= 0.3 is 6.18 Å². The predicted octanol–water partition coefficient (Wildman–Crippen LogP) is 3.98. The van der Waals surface area contributed by atoms with E-state index < -0.39 is 11.7 Å². The largest absolute Gasteiger partial charge is 0.414 e. The van der Waals surface area contributed by atoms with Crippen molar-refractivity contribution in [1.29, 1.82) is 0 Å². The van der Waals surface area contributed by atoms with Gasteiger partial charge in [0.25, 0.3) is 0 Å². The fourth-order valence-corrected chi connectivity index (χ4v) is 1.70. The molecule has 0 aromatic carbocycles. The molecule has 6 heteroatoms. The summed E-state index contributed by atoms with van der Waals surface area (Å²) in [5, 5.41) is 0. The van der Waals surface area contributed by atoms with Gasteiger partial charge in [-0.1, -0.05) is 12.2 Å². The third kappa shape index (κ3) is 5.21. The third-order valence-corrected chi connectivity index (χ3v) is 2.40. The van der Waals surface area contributed by atoms with Crippen molar-refractivity contribution in [2.75, 3.05) is 7.05 Å². The second-order valence-electron chi connectivity index (χ2n) is 3.49. The molecule has 0 spiro atoms. The summed E-state index contributed by atoms with van der Waals surface area (Å²) in [4.78, 5) is 5.35. The molecule has 1 aliphatic rings. The van der Waals surface area contributed by atoms with Gasteiger partial charge in [0.2, 0.25) is 0 Å². The lowest BCUT2D eigenvalue weighted by Gasteiger charge is -2.14. The van der Waals surface area contributed by atoms with E-state index in [9.17, 15) is 13.2 Å². The van der Waals surface area contributed by atoms with Crippen LogP contribution in [0.3, 0.4) is 0 Å². The molecule has 94 valence electrons. The SMILES string of the molecule is CN1C=C(C(F)(F)F)C/C=C\CC=N/C(Br)=C\1. The van der Waals surface area contributed by atoms with Gasteiger partial charge < -0.3 is 4.90 Å².